The Morgan fingerprint density at radius 1 is 1.07 bits per heavy atom. The molecule has 1 aliphatic carbocycles. The van der Waals surface area contributed by atoms with Crippen LogP contribution in [0, 0.1) is 0 Å². The van der Waals surface area contributed by atoms with E-state index in [2.05, 4.69) is 17.4 Å². The fraction of sp³-hybridized carbons (Fsp3) is 0.364. The summed E-state index contributed by atoms with van der Waals surface area (Å²) in [4.78, 5) is 26.7. The van der Waals surface area contributed by atoms with Crippen LogP contribution in [-0.2, 0) is 23.2 Å². The molecule has 1 aliphatic heterocycles. The lowest BCUT2D eigenvalue weighted by molar-refractivity contribution is -0.131. The van der Waals surface area contributed by atoms with Gasteiger partial charge in [-0.15, -0.1) is 0 Å². The highest BCUT2D eigenvalue weighted by atomic mass is 16.5. The van der Waals surface area contributed by atoms with Crippen LogP contribution in [0.5, 0.6) is 5.75 Å². The Morgan fingerprint density at radius 2 is 1.85 bits per heavy atom. The van der Waals surface area contributed by atoms with Crippen LogP contribution in [0.25, 0.3) is 0 Å². The van der Waals surface area contributed by atoms with Crippen molar-refractivity contribution in [2.75, 3.05) is 13.2 Å². The number of fused-ring (bicyclic) bond motifs is 1. The molecule has 0 aromatic heterocycles. The Bertz CT molecular complexity index is 865. The molecular formula is C22H24N2O3. The molecule has 1 unspecified atom stereocenters. The van der Waals surface area contributed by atoms with Gasteiger partial charge in [0.15, 0.2) is 0 Å². The van der Waals surface area contributed by atoms with E-state index in [4.69, 9.17) is 4.74 Å². The standard InChI is InChI=1S/C22H24N2O3/c1-22(18-12-11-16-7-5-8-17(16)15-18)20(25)24(21(26)23-22)13-6-14-27-19-9-3-2-4-10-19/h2-4,9-12,15H,5-8,13-14H2,1H3,(H,23,26). The van der Waals surface area contributed by atoms with Crippen molar-refractivity contribution in [3.63, 3.8) is 0 Å². The van der Waals surface area contributed by atoms with Crippen LogP contribution in [0.4, 0.5) is 4.79 Å². The number of nitrogens with one attached hydrogen (secondary N) is 1. The number of ether oxygens (including phenoxy) is 1. The minimum Gasteiger partial charge on any atom is -0.494 e. The zero-order valence-corrected chi connectivity index (χ0v) is 15.5. The third kappa shape index (κ3) is 3.29. The Morgan fingerprint density at radius 3 is 2.67 bits per heavy atom. The maximum Gasteiger partial charge on any atom is 0.325 e. The molecular weight excluding hydrogens is 340 g/mol. The van der Waals surface area contributed by atoms with Gasteiger partial charge in [0.1, 0.15) is 11.3 Å². The lowest BCUT2D eigenvalue weighted by Crippen LogP contribution is -2.41. The number of urea groups is 1. The molecule has 3 amide bonds. The summed E-state index contributed by atoms with van der Waals surface area (Å²) in [5.41, 5.74) is 2.53. The van der Waals surface area contributed by atoms with E-state index < -0.39 is 5.54 Å². The second-order valence-corrected chi connectivity index (χ2v) is 7.36. The number of amides is 3. The molecule has 0 saturated carbocycles. The van der Waals surface area contributed by atoms with Crippen molar-refractivity contribution in [3.8, 4) is 5.75 Å². The number of carbonyl (C=O) groups excluding carboxylic acids is 2. The summed E-state index contributed by atoms with van der Waals surface area (Å²) in [5, 5.41) is 2.89. The van der Waals surface area contributed by atoms with Gasteiger partial charge in [-0.1, -0.05) is 36.4 Å². The van der Waals surface area contributed by atoms with E-state index in [1.54, 1.807) is 6.92 Å². The fourth-order valence-corrected chi connectivity index (χ4v) is 3.91. The lowest BCUT2D eigenvalue weighted by Gasteiger charge is -2.23. The Balaban J connectivity index is 1.40. The van der Waals surface area contributed by atoms with Gasteiger partial charge in [-0.25, -0.2) is 4.79 Å². The molecule has 1 atom stereocenters. The van der Waals surface area contributed by atoms with E-state index in [9.17, 15) is 9.59 Å². The molecule has 2 aromatic rings. The van der Waals surface area contributed by atoms with Crippen LogP contribution in [-0.4, -0.2) is 30.0 Å². The number of imide groups is 1. The number of hydrogen-bond acceptors (Lipinski definition) is 3. The van der Waals surface area contributed by atoms with E-state index in [-0.39, 0.29) is 11.9 Å². The average molecular weight is 364 g/mol. The number of aryl methyl sites for hydroxylation is 2. The first-order chi connectivity index (χ1) is 13.1. The van der Waals surface area contributed by atoms with Crippen molar-refractivity contribution < 1.29 is 14.3 Å². The van der Waals surface area contributed by atoms with E-state index in [0.717, 1.165) is 30.6 Å². The zero-order valence-electron chi connectivity index (χ0n) is 15.5. The van der Waals surface area contributed by atoms with Crippen molar-refractivity contribution in [2.45, 2.75) is 38.1 Å². The number of para-hydroxylation sites is 1. The summed E-state index contributed by atoms with van der Waals surface area (Å²) in [6, 6.07) is 15.4. The topological polar surface area (TPSA) is 58.6 Å². The average Bonchev–Trinajstić information content (AvgIpc) is 3.23. The summed E-state index contributed by atoms with van der Waals surface area (Å²) in [6.07, 6.45) is 3.89. The predicted octanol–water partition coefficient (Wildman–Crippen LogP) is 3.41. The third-order valence-electron chi connectivity index (χ3n) is 5.49. The summed E-state index contributed by atoms with van der Waals surface area (Å²) in [5.74, 6) is 0.600. The van der Waals surface area contributed by atoms with Crippen molar-refractivity contribution in [1.29, 1.82) is 0 Å². The molecule has 0 spiro atoms. The molecule has 0 bridgehead atoms. The maximum atomic E-state index is 13.0. The summed E-state index contributed by atoms with van der Waals surface area (Å²) >= 11 is 0. The fourth-order valence-electron chi connectivity index (χ4n) is 3.91. The lowest BCUT2D eigenvalue weighted by atomic mass is 9.89. The van der Waals surface area contributed by atoms with Gasteiger partial charge in [-0.05, 0) is 61.4 Å². The van der Waals surface area contributed by atoms with Crippen molar-refractivity contribution >= 4 is 11.9 Å². The molecule has 1 heterocycles. The SMILES string of the molecule is CC1(c2ccc3c(c2)CCC3)NC(=O)N(CCCOc2ccccc2)C1=O. The van der Waals surface area contributed by atoms with Gasteiger partial charge in [0.2, 0.25) is 0 Å². The number of rotatable bonds is 6. The maximum absolute atomic E-state index is 13.0. The Kier molecular flexibility index (Phi) is 4.60. The van der Waals surface area contributed by atoms with Gasteiger partial charge in [-0.3, -0.25) is 9.69 Å². The van der Waals surface area contributed by atoms with Crippen molar-refractivity contribution in [1.82, 2.24) is 10.2 Å². The van der Waals surface area contributed by atoms with Gasteiger partial charge in [0.05, 0.1) is 6.61 Å². The van der Waals surface area contributed by atoms with Crippen LogP contribution >= 0.6 is 0 Å². The molecule has 0 radical (unpaired) electrons. The predicted molar refractivity (Wildman–Crippen MR) is 103 cm³/mol. The quantitative estimate of drug-likeness (QED) is 0.631. The Hall–Kier alpha value is -2.82. The highest BCUT2D eigenvalue weighted by molar-refractivity contribution is 6.07. The minimum absolute atomic E-state index is 0.190. The first kappa shape index (κ1) is 17.6. The van der Waals surface area contributed by atoms with Crippen LogP contribution in [0.1, 0.15) is 36.5 Å². The van der Waals surface area contributed by atoms with E-state index in [1.807, 2.05) is 36.4 Å². The monoisotopic (exact) mass is 364 g/mol. The van der Waals surface area contributed by atoms with Crippen LogP contribution in [0.2, 0.25) is 0 Å². The number of nitrogens with zero attached hydrogens (tertiary/aromatic N) is 1. The van der Waals surface area contributed by atoms with Crippen molar-refractivity contribution in [3.05, 3.63) is 65.2 Å². The molecule has 27 heavy (non-hydrogen) atoms. The smallest absolute Gasteiger partial charge is 0.325 e. The molecule has 4 rings (SSSR count). The van der Waals surface area contributed by atoms with E-state index in [1.165, 1.54) is 16.0 Å². The molecule has 2 aliphatic rings. The normalized spacial score (nSPS) is 21.3. The second kappa shape index (κ2) is 7.06. The summed E-state index contributed by atoms with van der Waals surface area (Å²) < 4.78 is 5.65. The zero-order chi connectivity index (χ0) is 18.9. The molecule has 5 heteroatoms. The largest absolute Gasteiger partial charge is 0.494 e. The van der Waals surface area contributed by atoms with Crippen LogP contribution in [0.3, 0.4) is 0 Å². The summed E-state index contributed by atoms with van der Waals surface area (Å²) in [6.45, 7) is 2.60. The van der Waals surface area contributed by atoms with Gasteiger partial charge in [-0.2, -0.15) is 0 Å². The van der Waals surface area contributed by atoms with Crippen LogP contribution in [0.15, 0.2) is 48.5 Å². The van der Waals surface area contributed by atoms with E-state index in [0.29, 0.717) is 19.6 Å². The molecule has 5 nitrogen and oxygen atoms in total. The highest BCUT2D eigenvalue weighted by Crippen LogP contribution is 2.32. The van der Waals surface area contributed by atoms with Gasteiger partial charge >= 0.3 is 6.03 Å². The van der Waals surface area contributed by atoms with E-state index >= 15 is 0 Å². The first-order valence-electron chi connectivity index (χ1n) is 9.52. The number of benzene rings is 2. The highest BCUT2D eigenvalue weighted by Gasteiger charge is 2.48. The van der Waals surface area contributed by atoms with Crippen LogP contribution < -0.4 is 10.1 Å². The molecule has 2 aromatic carbocycles. The molecule has 1 fully saturated rings. The molecule has 1 N–H and O–H groups in total. The number of carbonyl (C=O) groups is 2. The number of hydrogen-bond donors (Lipinski definition) is 1. The summed E-state index contributed by atoms with van der Waals surface area (Å²) in [7, 11) is 0. The molecule has 1 saturated heterocycles. The van der Waals surface area contributed by atoms with Gasteiger partial charge < -0.3 is 10.1 Å². The Labute approximate surface area is 159 Å². The molecule has 140 valence electrons. The van der Waals surface area contributed by atoms with Crippen molar-refractivity contribution in [2.24, 2.45) is 0 Å². The minimum atomic E-state index is -0.991. The second-order valence-electron chi connectivity index (χ2n) is 7.36. The third-order valence-corrected chi connectivity index (χ3v) is 5.49. The van der Waals surface area contributed by atoms with Gasteiger partial charge in [0, 0.05) is 6.54 Å². The van der Waals surface area contributed by atoms with Gasteiger partial charge in [0.25, 0.3) is 5.91 Å². The first-order valence-corrected chi connectivity index (χ1v) is 9.52.